The van der Waals surface area contributed by atoms with Gasteiger partial charge in [-0.15, -0.1) is 0 Å². The molecule has 0 saturated heterocycles. The van der Waals surface area contributed by atoms with E-state index in [0.29, 0.717) is 6.54 Å². The Hall–Kier alpha value is -2.49. The minimum absolute atomic E-state index is 0.0406. The van der Waals surface area contributed by atoms with Crippen LogP contribution in [0.2, 0.25) is 0 Å². The Balaban J connectivity index is 2.06. The number of carboxylic acid groups (broad SMARTS) is 1. The molecule has 0 aliphatic carbocycles. The molecule has 0 bridgehead atoms. The minimum atomic E-state index is -0.814. The third-order valence-electron chi connectivity index (χ3n) is 3.15. The average molecular weight is 255 g/mol. The number of carboxylic acids is 1. The summed E-state index contributed by atoms with van der Waals surface area (Å²) in [6.45, 7) is 0.677. The van der Waals surface area contributed by atoms with Crippen LogP contribution < -0.4 is 0 Å². The van der Waals surface area contributed by atoms with Gasteiger partial charge in [0.15, 0.2) is 0 Å². The Labute approximate surface area is 109 Å². The summed E-state index contributed by atoms with van der Waals surface area (Å²) in [5, 5.41) is 9.96. The summed E-state index contributed by atoms with van der Waals surface area (Å²) in [5.41, 5.74) is 2.94. The Morgan fingerprint density at radius 3 is 2.84 bits per heavy atom. The van der Waals surface area contributed by atoms with Crippen LogP contribution in [0.15, 0.2) is 53.5 Å². The van der Waals surface area contributed by atoms with Gasteiger partial charge in [0.05, 0.1) is 25.5 Å². The molecule has 1 aromatic carbocycles. The van der Waals surface area contributed by atoms with Crippen molar-refractivity contribution in [3.8, 4) is 0 Å². The van der Waals surface area contributed by atoms with E-state index in [-0.39, 0.29) is 6.42 Å². The number of rotatable bonds is 4. The summed E-state index contributed by atoms with van der Waals surface area (Å²) in [6.07, 6.45) is 5.29. The van der Waals surface area contributed by atoms with Crippen molar-refractivity contribution in [2.24, 2.45) is 0 Å². The Kier molecular flexibility index (Phi) is 2.83. The smallest absolute Gasteiger partial charge is 0.307 e. The first-order valence-electron chi connectivity index (χ1n) is 6.03. The molecule has 0 fully saturated rings. The lowest BCUT2D eigenvalue weighted by Gasteiger charge is -2.02. The van der Waals surface area contributed by atoms with Crippen molar-refractivity contribution in [3.05, 3.63) is 60.2 Å². The van der Waals surface area contributed by atoms with E-state index in [9.17, 15) is 4.79 Å². The number of nitrogens with zero attached hydrogens (tertiary/aromatic N) is 1. The fraction of sp³-hybridized carbons (Fsp3) is 0.133. The molecular weight excluding hydrogens is 242 g/mol. The lowest BCUT2D eigenvalue weighted by molar-refractivity contribution is -0.136. The summed E-state index contributed by atoms with van der Waals surface area (Å²) < 4.78 is 7.12. The van der Waals surface area contributed by atoms with Crippen molar-refractivity contribution in [1.29, 1.82) is 0 Å². The van der Waals surface area contributed by atoms with Gasteiger partial charge in [-0.25, -0.2) is 0 Å². The molecule has 0 spiro atoms. The quantitative estimate of drug-likeness (QED) is 0.779. The second kappa shape index (κ2) is 4.65. The maximum absolute atomic E-state index is 10.9. The van der Waals surface area contributed by atoms with Crippen LogP contribution in [0.25, 0.3) is 10.9 Å². The Morgan fingerprint density at radius 2 is 2.11 bits per heavy atom. The number of aliphatic carboxylic acids is 1. The van der Waals surface area contributed by atoms with Crippen molar-refractivity contribution in [2.75, 3.05) is 0 Å². The van der Waals surface area contributed by atoms with Gasteiger partial charge < -0.3 is 14.1 Å². The molecule has 0 atom stereocenters. The van der Waals surface area contributed by atoms with Crippen LogP contribution in [-0.4, -0.2) is 15.6 Å². The van der Waals surface area contributed by atoms with Crippen molar-refractivity contribution in [3.63, 3.8) is 0 Å². The highest BCUT2D eigenvalue weighted by Gasteiger charge is 2.11. The van der Waals surface area contributed by atoms with Gasteiger partial charge in [0.2, 0.25) is 0 Å². The molecule has 0 amide bonds. The molecule has 1 N–H and O–H groups in total. The zero-order valence-electron chi connectivity index (χ0n) is 10.2. The fourth-order valence-corrected chi connectivity index (χ4v) is 2.34. The number of hydrogen-bond donors (Lipinski definition) is 1. The molecule has 96 valence electrons. The average Bonchev–Trinajstić information content (AvgIpc) is 2.99. The van der Waals surface area contributed by atoms with Gasteiger partial charge >= 0.3 is 5.97 Å². The first-order chi connectivity index (χ1) is 9.24. The van der Waals surface area contributed by atoms with Crippen LogP contribution in [0.4, 0.5) is 0 Å². The number of carbonyl (C=O) groups is 1. The predicted molar refractivity (Wildman–Crippen MR) is 71.1 cm³/mol. The summed E-state index contributed by atoms with van der Waals surface area (Å²) in [4.78, 5) is 10.9. The van der Waals surface area contributed by atoms with E-state index in [1.807, 2.05) is 36.5 Å². The van der Waals surface area contributed by atoms with E-state index < -0.39 is 5.97 Å². The van der Waals surface area contributed by atoms with Crippen LogP contribution in [0.5, 0.6) is 0 Å². The first kappa shape index (κ1) is 11.6. The highest BCUT2D eigenvalue weighted by atomic mass is 16.4. The van der Waals surface area contributed by atoms with Crippen molar-refractivity contribution in [2.45, 2.75) is 13.0 Å². The molecule has 3 aromatic rings. The SMILES string of the molecule is O=C(O)Cc1cn(Cc2ccoc2)c2ccccc12. The molecule has 0 aliphatic heterocycles. The zero-order chi connectivity index (χ0) is 13.2. The molecule has 0 unspecified atom stereocenters. The molecule has 0 radical (unpaired) electrons. The molecule has 2 heterocycles. The van der Waals surface area contributed by atoms with E-state index in [1.165, 1.54) is 0 Å². The van der Waals surface area contributed by atoms with Crippen LogP contribution in [0.3, 0.4) is 0 Å². The van der Waals surface area contributed by atoms with E-state index >= 15 is 0 Å². The largest absolute Gasteiger partial charge is 0.481 e. The monoisotopic (exact) mass is 255 g/mol. The third kappa shape index (κ3) is 2.25. The highest BCUT2D eigenvalue weighted by Crippen LogP contribution is 2.23. The van der Waals surface area contributed by atoms with E-state index in [4.69, 9.17) is 9.52 Å². The van der Waals surface area contributed by atoms with Gasteiger partial charge in [-0.3, -0.25) is 4.79 Å². The normalized spacial score (nSPS) is 10.9. The third-order valence-corrected chi connectivity index (χ3v) is 3.15. The molecule has 3 rings (SSSR count). The molecule has 4 heteroatoms. The second-order valence-electron chi connectivity index (χ2n) is 4.50. The molecule has 0 saturated carbocycles. The van der Waals surface area contributed by atoms with Gasteiger partial charge in [-0.1, -0.05) is 18.2 Å². The summed E-state index contributed by atoms with van der Waals surface area (Å²) >= 11 is 0. The van der Waals surface area contributed by atoms with Crippen LogP contribution >= 0.6 is 0 Å². The summed E-state index contributed by atoms with van der Waals surface area (Å²) in [6, 6.07) is 9.75. The summed E-state index contributed by atoms with van der Waals surface area (Å²) in [5.74, 6) is -0.814. The van der Waals surface area contributed by atoms with Gasteiger partial charge in [0, 0.05) is 22.7 Å². The number of aromatic nitrogens is 1. The highest BCUT2D eigenvalue weighted by molar-refractivity contribution is 5.87. The van der Waals surface area contributed by atoms with Crippen molar-refractivity contribution < 1.29 is 14.3 Å². The van der Waals surface area contributed by atoms with Gasteiger partial charge in [-0.2, -0.15) is 0 Å². The van der Waals surface area contributed by atoms with Crippen LogP contribution in [-0.2, 0) is 17.8 Å². The fourth-order valence-electron chi connectivity index (χ4n) is 2.34. The Bertz CT molecular complexity index is 710. The van der Waals surface area contributed by atoms with E-state index in [0.717, 1.165) is 22.0 Å². The van der Waals surface area contributed by atoms with Gasteiger partial charge in [0.25, 0.3) is 0 Å². The lowest BCUT2D eigenvalue weighted by atomic mass is 10.1. The second-order valence-corrected chi connectivity index (χ2v) is 4.50. The predicted octanol–water partition coefficient (Wildman–Crippen LogP) is 2.91. The first-order valence-corrected chi connectivity index (χ1v) is 6.03. The van der Waals surface area contributed by atoms with Crippen molar-refractivity contribution >= 4 is 16.9 Å². The minimum Gasteiger partial charge on any atom is -0.481 e. The zero-order valence-corrected chi connectivity index (χ0v) is 10.2. The van der Waals surface area contributed by atoms with Gasteiger partial charge in [-0.05, 0) is 17.7 Å². The number of fused-ring (bicyclic) bond motifs is 1. The molecule has 2 aromatic heterocycles. The van der Waals surface area contributed by atoms with Crippen molar-refractivity contribution in [1.82, 2.24) is 4.57 Å². The van der Waals surface area contributed by atoms with E-state index in [1.54, 1.807) is 12.5 Å². The summed E-state index contributed by atoms with van der Waals surface area (Å²) in [7, 11) is 0. The molecule has 19 heavy (non-hydrogen) atoms. The number of hydrogen-bond acceptors (Lipinski definition) is 2. The lowest BCUT2D eigenvalue weighted by Crippen LogP contribution is -1.99. The number of benzene rings is 1. The van der Waals surface area contributed by atoms with Gasteiger partial charge in [0.1, 0.15) is 0 Å². The number of furan rings is 1. The molecule has 4 nitrogen and oxygen atoms in total. The van der Waals surface area contributed by atoms with E-state index in [2.05, 4.69) is 4.57 Å². The topological polar surface area (TPSA) is 55.4 Å². The molecular formula is C15H13NO3. The number of para-hydroxylation sites is 1. The maximum Gasteiger partial charge on any atom is 0.307 e. The maximum atomic E-state index is 10.9. The van der Waals surface area contributed by atoms with Crippen LogP contribution in [0.1, 0.15) is 11.1 Å². The Morgan fingerprint density at radius 1 is 1.26 bits per heavy atom. The standard InChI is InChI=1S/C15H13NO3/c17-15(18)7-12-9-16(8-11-5-6-19-10-11)14-4-2-1-3-13(12)14/h1-6,9-10H,7-8H2,(H,17,18). The molecule has 0 aliphatic rings. The van der Waals surface area contributed by atoms with Crippen LogP contribution in [0, 0.1) is 0 Å².